The van der Waals surface area contributed by atoms with Crippen molar-refractivity contribution in [1.82, 2.24) is 9.97 Å². The van der Waals surface area contributed by atoms with E-state index in [4.69, 9.17) is 0 Å². The largest absolute Gasteiger partial charge is 0.480 e. The van der Waals surface area contributed by atoms with Crippen molar-refractivity contribution in [2.45, 2.75) is 37.0 Å². The zero-order valence-electron chi connectivity index (χ0n) is 13.5. The number of hydrogen-bond acceptors (Lipinski definition) is 5. The Bertz CT molecular complexity index is 859. The van der Waals surface area contributed by atoms with Crippen LogP contribution in [0.25, 0.3) is 10.2 Å². The molecule has 1 aromatic carbocycles. The summed E-state index contributed by atoms with van der Waals surface area (Å²) in [6.07, 6.45) is 2.82. The predicted octanol–water partition coefficient (Wildman–Crippen LogP) is 4.49. The van der Waals surface area contributed by atoms with E-state index in [0.29, 0.717) is 6.42 Å². The molecule has 3 aromatic rings. The smallest absolute Gasteiger partial charge is 0.317 e. The number of carboxylic acids is 1. The molecule has 0 fully saturated rings. The molecule has 1 unspecified atom stereocenters. The Morgan fingerprint density at radius 1 is 1.25 bits per heavy atom. The Morgan fingerprint density at radius 2 is 2.00 bits per heavy atom. The second kappa shape index (κ2) is 7.32. The normalized spacial score (nSPS) is 12.4. The Labute approximate surface area is 149 Å². The van der Waals surface area contributed by atoms with Gasteiger partial charge in [-0.2, -0.15) is 0 Å². The first-order chi connectivity index (χ1) is 11.5. The van der Waals surface area contributed by atoms with Gasteiger partial charge in [-0.1, -0.05) is 41.6 Å². The highest BCUT2D eigenvalue weighted by molar-refractivity contribution is 8.00. The average molecular weight is 358 g/mol. The van der Waals surface area contributed by atoms with Gasteiger partial charge in [-0.3, -0.25) is 4.79 Å². The molecule has 0 radical (unpaired) electrons. The van der Waals surface area contributed by atoms with Gasteiger partial charge in [0.1, 0.15) is 21.4 Å². The fourth-order valence-corrected chi connectivity index (χ4v) is 4.38. The summed E-state index contributed by atoms with van der Waals surface area (Å²) in [5.74, 6) is -0.800. The SMILES string of the molecule is Cc1ccc(CCC(Sc2ncnc3sc(C)cc23)C(=O)O)cc1. The van der Waals surface area contributed by atoms with Gasteiger partial charge >= 0.3 is 5.97 Å². The first-order valence-corrected chi connectivity index (χ1v) is 9.38. The predicted molar refractivity (Wildman–Crippen MR) is 98.9 cm³/mol. The van der Waals surface area contributed by atoms with E-state index < -0.39 is 11.2 Å². The van der Waals surface area contributed by atoms with Crippen LogP contribution in [0.4, 0.5) is 0 Å². The molecule has 24 heavy (non-hydrogen) atoms. The van der Waals surface area contributed by atoms with E-state index in [1.807, 2.05) is 19.9 Å². The van der Waals surface area contributed by atoms with E-state index in [2.05, 4.69) is 34.2 Å². The van der Waals surface area contributed by atoms with Gasteiger partial charge in [0.15, 0.2) is 0 Å². The van der Waals surface area contributed by atoms with Crippen molar-refractivity contribution < 1.29 is 9.90 Å². The quantitative estimate of drug-likeness (QED) is 0.520. The van der Waals surface area contributed by atoms with Crippen molar-refractivity contribution in [3.05, 3.63) is 52.7 Å². The van der Waals surface area contributed by atoms with Gasteiger partial charge in [0, 0.05) is 10.3 Å². The van der Waals surface area contributed by atoms with Gasteiger partial charge in [-0.25, -0.2) is 9.97 Å². The van der Waals surface area contributed by atoms with E-state index in [9.17, 15) is 9.90 Å². The molecule has 2 aromatic heterocycles. The molecule has 3 rings (SSSR count). The lowest BCUT2D eigenvalue weighted by Crippen LogP contribution is -2.17. The highest BCUT2D eigenvalue weighted by Crippen LogP contribution is 2.33. The first-order valence-electron chi connectivity index (χ1n) is 7.69. The van der Waals surface area contributed by atoms with Crippen LogP contribution in [0.1, 0.15) is 22.4 Å². The third-order valence-corrected chi connectivity index (χ3v) is 5.99. The van der Waals surface area contributed by atoms with Gasteiger partial charge < -0.3 is 5.11 Å². The monoisotopic (exact) mass is 358 g/mol. The summed E-state index contributed by atoms with van der Waals surface area (Å²) in [6, 6.07) is 10.3. The van der Waals surface area contributed by atoms with Crippen LogP contribution in [-0.2, 0) is 11.2 Å². The minimum Gasteiger partial charge on any atom is -0.480 e. The zero-order chi connectivity index (χ0) is 17.1. The van der Waals surface area contributed by atoms with Gasteiger partial charge in [0.05, 0.1) is 0 Å². The van der Waals surface area contributed by atoms with Crippen molar-refractivity contribution in [2.75, 3.05) is 0 Å². The Hall–Kier alpha value is -1.92. The standard InChI is InChI=1S/C18H18N2O2S2/c1-11-3-5-13(6-4-11)7-8-15(18(21)22)24-17-14-9-12(2)23-16(14)19-10-20-17/h3-6,9-10,15H,7-8H2,1-2H3,(H,21,22). The van der Waals surface area contributed by atoms with Gasteiger partial charge in [-0.15, -0.1) is 11.3 Å². The van der Waals surface area contributed by atoms with Crippen LogP contribution >= 0.6 is 23.1 Å². The molecule has 4 nitrogen and oxygen atoms in total. The van der Waals surface area contributed by atoms with Crippen LogP contribution in [0.2, 0.25) is 0 Å². The lowest BCUT2D eigenvalue weighted by molar-refractivity contribution is -0.136. The lowest BCUT2D eigenvalue weighted by Gasteiger charge is -2.12. The molecule has 0 aliphatic heterocycles. The van der Waals surface area contributed by atoms with Crippen molar-refractivity contribution in [3.63, 3.8) is 0 Å². The number of rotatable bonds is 6. The summed E-state index contributed by atoms with van der Waals surface area (Å²) in [6.45, 7) is 4.07. The highest BCUT2D eigenvalue weighted by atomic mass is 32.2. The first kappa shape index (κ1) is 16.9. The van der Waals surface area contributed by atoms with Gasteiger partial charge in [0.2, 0.25) is 0 Å². The number of thiophene rings is 1. The van der Waals surface area contributed by atoms with E-state index >= 15 is 0 Å². The highest BCUT2D eigenvalue weighted by Gasteiger charge is 2.21. The van der Waals surface area contributed by atoms with Crippen LogP contribution in [0.15, 0.2) is 41.7 Å². The molecule has 0 bridgehead atoms. The summed E-state index contributed by atoms with van der Waals surface area (Å²) >= 11 is 2.92. The molecule has 0 saturated heterocycles. The number of nitrogens with zero attached hydrogens (tertiary/aromatic N) is 2. The fourth-order valence-electron chi connectivity index (χ4n) is 2.47. The molecule has 2 heterocycles. The Kier molecular flexibility index (Phi) is 5.16. The zero-order valence-corrected chi connectivity index (χ0v) is 15.2. The van der Waals surface area contributed by atoms with Crippen molar-refractivity contribution in [2.24, 2.45) is 0 Å². The molecule has 6 heteroatoms. The second-order valence-corrected chi connectivity index (χ2v) is 8.15. The summed E-state index contributed by atoms with van der Waals surface area (Å²) < 4.78 is 0. The maximum atomic E-state index is 11.7. The molecule has 0 aliphatic carbocycles. The van der Waals surface area contributed by atoms with E-state index in [1.54, 1.807) is 11.3 Å². The molecule has 0 saturated carbocycles. The number of thioether (sulfide) groups is 1. The second-order valence-electron chi connectivity index (χ2n) is 5.72. The summed E-state index contributed by atoms with van der Waals surface area (Å²) in [5.41, 5.74) is 2.37. The summed E-state index contributed by atoms with van der Waals surface area (Å²) in [4.78, 5) is 22.3. The molecule has 0 aliphatic rings. The number of benzene rings is 1. The minimum absolute atomic E-state index is 0.524. The van der Waals surface area contributed by atoms with Crippen molar-refractivity contribution >= 4 is 39.3 Å². The number of aromatic nitrogens is 2. The molecule has 1 atom stereocenters. The summed E-state index contributed by atoms with van der Waals surface area (Å²) in [5, 5.41) is 10.7. The molecule has 1 N–H and O–H groups in total. The average Bonchev–Trinajstić information content (AvgIpc) is 2.93. The fraction of sp³-hybridized carbons (Fsp3) is 0.278. The molecule has 124 valence electrons. The third kappa shape index (κ3) is 3.94. The topological polar surface area (TPSA) is 63.1 Å². The molecule has 0 spiro atoms. The maximum absolute atomic E-state index is 11.7. The molecular formula is C18H18N2O2S2. The van der Waals surface area contributed by atoms with Crippen molar-refractivity contribution in [1.29, 1.82) is 0 Å². The van der Waals surface area contributed by atoms with Crippen LogP contribution in [-0.4, -0.2) is 26.3 Å². The maximum Gasteiger partial charge on any atom is 0.317 e. The van der Waals surface area contributed by atoms with Crippen LogP contribution in [0.3, 0.4) is 0 Å². The van der Waals surface area contributed by atoms with Crippen LogP contribution < -0.4 is 0 Å². The Morgan fingerprint density at radius 3 is 2.71 bits per heavy atom. The molecule has 0 amide bonds. The summed E-state index contributed by atoms with van der Waals surface area (Å²) in [7, 11) is 0. The lowest BCUT2D eigenvalue weighted by atomic mass is 10.1. The number of fused-ring (bicyclic) bond motifs is 1. The minimum atomic E-state index is -0.800. The number of hydrogen-bond donors (Lipinski definition) is 1. The van der Waals surface area contributed by atoms with E-state index in [0.717, 1.165) is 32.1 Å². The van der Waals surface area contributed by atoms with Gasteiger partial charge in [-0.05, 0) is 38.3 Å². The molecular weight excluding hydrogens is 340 g/mol. The number of aryl methyl sites for hydroxylation is 3. The third-order valence-electron chi connectivity index (χ3n) is 3.76. The number of aliphatic carboxylic acids is 1. The number of carboxylic acid groups (broad SMARTS) is 1. The Balaban J connectivity index is 1.75. The van der Waals surface area contributed by atoms with Crippen molar-refractivity contribution in [3.8, 4) is 0 Å². The van der Waals surface area contributed by atoms with E-state index in [-0.39, 0.29) is 0 Å². The van der Waals surface area contributed by atoms with Gasteiger partial charge in [0.25, 0.3) is 0 Å². The van der Waals surface area contributed by atoms with E-state index in [1.165, 1.54) is 23.7 Å². The van der Waals surface area contributed by atoms with Crippen LogP contribution in [0.5, 0.6) is 0 Å². The van der Waals surface area contributed by atoms with Crippen LogP contribution in [0, 0.1) is 13.8 Å². The number of carbonyl (C=O) groups is 1.